The van der Waals surface area contributed by atoms with Crippen LogP contribution in [0.15, 0.2) is 36.4 Å². The molecule has 0 spiro atoms. The van der Waals surface area contributed by atoms with Gasteiger partial charge in [0.2, 0.25) is 0 Å². The highest BCUT2D eigenvalue weighted by Gasteiger charge is 2.18. The van der Waals surface area contributed by atoms with Crippen LogP contribution in [0.5, 0.6) is 0 Å². The van der Waals surface area contributed by atoms with Gasteiger partial charge in [0.05, 0.1) is 6.61 Å². The number of hydrogen-bond acceptors (Lipinski definition) is 3. The van der Waals surface area contributed by atoms with Crippen LogP contribution in [-0.2, 0) is 16.1 Å². The Balaban J connectivity index is 2.31. The van der Waals surface area contributed by atoms with E-state index >= 15 is 0 Å². The molecule has 0 aliphatic carbocycles. The molecule has 110 valence electrons. The Bertz CT molecular complexity index is 656. The lowest BCUT2D eigenvalue weighted by Crippen LogP contribution is -2.16. The Kier molecular flexibility index (Phi) is 4.58. The van der Waals surface area contributed by atoms with Gasteiger partial charge in [0.15, 0.2) is 5.78 Å². The number of ketones is 1. The van der Waals surface area contributed by atoms with Crippen LogP contribution in [0.3, 0.4) is 0 Å². The van der Waals surface area contributed by atoms with Crippen molar-refractivity contribution in [2.45, 2.75) is 27.3 Å². The summed E-state index contributed by atoms with van der Waals surface area (Å²) in [4.78, 5) is 24.2. The maximum atomic E-state index is 12.5. The lowest BCUT2D eigenvalue weighted by atomic mass is 10.0. The Labute approximate surface area is 124 Å². The molecular weight excluding hydrogens is 266 g/mol. The molecule has 0 saturated heterocycles. The summed E-state index contributed by atoms with van der Waals surface area (Å²) in [6.07, 6.45) is 0. The fraction of sp³-hybridized carbons (Fsp3) is 0.294. The Morgan fingerprint density at radius 3 is 2.43 bits per heavy atom. The lowest BCUT2D eigenvalue weighted by Gasteiger charge is -2.09. The highest BCUT2D eigenvalue weighted by Crippen LogP contribution is 2.19. The third kappa shape index (κ3) is 3.21. The van der Waals surface area contributed by atoms with Crippen molar-refractivity contribution < 1.29 is 14.3 Å². The molecule has 4 heteroatoms. The molecule has 0 atom stereocenters. The van der Waals surface area contributed by atoms with E-state index in [1.165, 1.54) is 0 Å². The first kappa shape index (κ1) is 15.0. The second-order valence-electron chi connectivity index (χ2n) is 4.87. The summed E-state index contributed by atoms with van der Waals surface area (Å²) in [6, 6.07) is 11.0. The first-order valence-corrected chi connectivity index (χ1v) is 6.96. The number of rotatable bonds is 5. The third-order valence-electron chi connectivity index (χ3n) is 3.45. The van der Waals surface area contributed by atoms with Gasteiger partial charge < -0.3 is 9.30 Å². The van der Waals surface area contributed by atoms with Crippen molar-refractivity contribution in [2.75, 3.05) is 6.61 Å². The van der Waals surface area contributed by atoms with Crippen LogP contribution in [0.25, 0.3) is 0 Å². The molecule has 21 heavy (non-hydrogen) atoms. The smallest absolute Gasteiger partial charge is 0.325 e. The van der Waals surface area contributed by atoms with Gasteiger partial charge in [0, 0.05) is 22.5 Å². The molecule has 0 N–H and O–H groups in total. The Hall–Kier alpha value is -2.36. The molecule has 0 amide bonds. The average molecular weight is 285 g/mol. The zero-order valence-electron chi connectivity index (χ0n) is 12.6. The van der Waals surface area contributed by atoms with Gasteiger partial charge >= 0.3 is 5.97 Å². The van der Waals surface area contributed by atoms with Gasteiger partial charge in [0.25, 0.3) is 0 Å². The van der Waals surface area contributed by atoms with Gasteiger partial charge in [-0.15, -0.1) is 0 Å². The van der Waals surface area contributed by atoms with Gasteiger partial charge in [-0.1, -0.05) is 30.3 Å². The number of nitrogens with zero attached hydrogens (tertiary/aromatic N) is 1. The van der Waals surface area contributed by atoms with Gasteiger partial charge in [0.1, 0.15) is 6.54 Å². The van der Waals surface area contributed by atoms with Crippen molar-refractivity contribution in [3.63, 3.8) is 0 Å². The molecule has 0 saturated carbocycles. The number of ether oxygens (including phenoxy) is 1. The zero-order chi connectivity index (χ0) is 15.4. The number of aryl methyl sites for hydroxylation is 1. The Morgan fingerprint density at radius 2 is 1.81 bits per heavy atom. The SMILES string of the molecule is CCOC(=O)Cn1c(C)cc(C(=O)c2ccccc2)c1C. The molecule has 1 heterocycles. The van der Waals surface area contributed by atoms with Gasteiger partial charge in [-0.3, -0.25) is 9.59 Å². The summed E-state index contributed by atoms with van der Waals surface area (Å²) in [6.45, 7) is 6.00. The maximum absolute atomic E-state index is 12.5. The van der Waals surface area contributed by atoms with Crippen molar-refractivity contribution in [3.8, 4) is 0 Å². The van der Waals surface area contributed by atoms with Crippen molar-refractivity contribution in [1.29, 1.82) is 0 Å². The average Bonchev–Trinajstić information content (AvgIpc) is 2.76. The molecule has 1 aromatic heterocycles. The highest BCUT2D eigenvalue weighted by molar-refractivity contribution is 6.09. The van der Waals surface area contributed by atoms with E-state index in [9.17, 15) is 9.59 Å². The minimum absolute atomic E-state index is 0.0289. The van der Waals surface area contributed by atoms with Gasteiger partial charge in [-0.2, -0.15) is 0 Å². The normalized spacial score (nSPS) is 10.4. The number of benzene rings is 1. The van der Waals surface area contributed by atoms with E-state index in [4.69, 9.17) is 4.74 Å². The molecule has 0 fully saturated rings. The summed E-state index contributed by atoms with van der Waals surface area (Å²) in [5, 5.41) is 0. The van der Waals surface area contributed by atoms with Crippen LogP contribution < -0.4 is 0 Å². The van der Waals surface area contributed by atoms with Crippen LogP contribution in [0.2, 0.25) is 0 Å². The molecular formula is C17H19NO3. The van der Waals surface area contributed by atoms with E-state index in [0.717, 1.165) is 11.4 Å². The first-order chi connectivity index (χ1) is 10.0. The minimum Gasteiger partial charge on any atom is -0.465 e. The Morgan fingerprint density at radius 1 is 1.14 bits per heavy atom. The standard InChI is InChI=1S/C17H19NO3/c1-4-21-16(19)11-18-12(2)10-15(13(18)3)17(20)14-8-6-5-7-9-14/h5-10H,4,11H2,1-3H3. The molecule has 0 aliphatic heterocycles. The van der Waals surface area contributed by atoms with Crippen LogP contribution in [0.1, 0.15) is 34.2 Å². The minimum atomic E-state index is -0.294. The molecule has 0 aliphatic rings. The quantitative estimate of drug-likeness (QED) is 0.627. The van der Waals surface area contributed by atoms with Crippen LogP contribution >= 0.6 is 0 Å². The summed E-state index contributed by atoms with van der Waals surface area (Å²) >= 11 is 0. The van der Waals surface area contributed by atoms with Crippen molar-refractivity contribution >= 4 is 11.8 Å². The summed E-state index contributed by atoms with van der Waals surface area (Å²) in [5.74, 6) is -0.322. The largest absolute Gasteiger partial charge is 0.465 e. The zero-order valence-corrected chi connectivity index (χ0v) is 12.6. The predicted octanol–water partition coefficient (Wildman–Crippen LogP) is 2.90. The van der Waals surface area contributed by atoms with Crippen molar-refractivity contribution in [2.24, 2.45) is 0 Å². The number of aromatic nitrogens is 1. The molecule has 4 nitrogen and oxygen atoms in total. The first-order valence-electron chi connectivity index (χ1n) is 6.96. The fourth-order valence-electron chi connectivity index (χ4n) is 2.36. The topological polar surface area (TPSA) is 48.3 Å². The second-order valence-corrected chi connectivity index (χ2v) is 4.87. The molecule has 2 rings (SSSR count). The van der Waals surface area contributed by atoms with E-state index in [0.29, 0.717) is 17.7 Å². The molecule has 1 aromatic carbocycles. The molecule has 0 radical (unpaired) electrons. The van der Waals surface area contributed by atoms with E-state index in [2.05, 4.69) is 0 Å². The number of esters is 1. The summed E-state index contributed by atoms with van der Waals surface area (Å²) in [5.41, 5.74) is 2.94. The predicted molar refractivity (Wildman–Crippen MR) is 80.4 cm³/mol. The number of carbonyl (C=O) groups excluding carboxylic acids is 2. The van der Waals surface area contributed by atoms with Crippen LogP contribution in [0.4, 0.5) is 0 Å². The van der Waals surface area contributed by atoms with Gasteiger partial charge in [-0.25, -0.2) is 0 Å². The molecule has 0 unspecified atom stereocenters. The molecule has 0 bridgehead atoms. The molecule has 2 aromatic rings. The number of carbonyl (C=O) groups is 2. The fourth-order valence-corrected chi connectivity index (χ4v) is 2.36. The van der Waals surface area contributed by atoms with E-state index < -0.39 is 0 Å². The van der Waals surface area contributed by atoms with Gasteiger partial charge in [-0.05, 0) is 26.8 Å². The monoisotopic (exact) mass is 285 g/mol. The maximum Gasteiger partial charge on any atom is 0.325 e. The van der Waals surface area contributed by atoms with Crippen molar-refractivity contribution in [3.05, 3.63) is 58.9 Å². The third-order valence-corrected chi connectivity index (χ3v) is 3.45. The number of hydrogen-bond donors (Lipinski definition) is 0. The van der Waals surface area contributed by atoms with Crippen LogP contribution in [0, 0.1) is 13.8 Å². The van der Waals surface area contributed by atoms with Crippen LogP contribution in [-0.4, -0.2) is 22.9 Å². The van der Waals surface area contributed by atoms with Crippen molar-refractivity contribution in [1.82, 2.24) is 4.57 Å². The summed E-state index contributed by atoms with van der Waals surface area (Å²) in [7, 11) is 0. The lowest BCUT2D eigenvalue weighted by molar-refractivity contribution is -0.143. The highest BCUT2D eigenvalue weighted by atomic mass is 16.5. The van der Waals surface area contributed by atoms with E-state index in [1.54, 1.807) is 19.1 Å². The summed E-state index contributed by atoms with van der Waals surface area (Å²) < 4.78 is 6.78. The second kappa shape index (κ2) is 6.39. The van der Waals surface area contributed by atoms with E-state index in [-0.39, 0.29) is 18.3 Å². The van der Waals surface area contributed by atoms with E-state index in [1.807, 2.05) is 42.7 Å².